The number of rotatable bonds is 2. The van der Waals surface area contributed by atoms with Gasteiger partial charge in [-0.05, 0) is 44.6 Å². The third-order valence-electron chi connectivity index (χ3n) is 4.49. The quantitative estimate of drug-likeness (QED) is 0.594. The third-order valence-corrected chi connectivity index (χ3v) is 4.49. The summed E-state index contributed by atoms with van der Waals surface area (Å²) in [7, 11) is 2.18. The molecule has 1 unspecified atom stereocenters. The van der Waals surface area contributed by atoms with Crippen molar-refractivity contribution in [2.75, 3.05) is 13.6 Å². The van der Waals surface area contributed by atoms with E-state index in [2.05, 4.69) is 17.0 Å². The Labute approximate surface area is 106 Å². The predicted molar refractivity (Wildman–Crippen MR) is 66.5 cm³/mol. The monoisotopic (exact) mass is 250 g/mol. The molecule has 1 aliphatic carbocycles. The molecule has 1 saturated carbocycles. The van der Waals surface area contributed by atoms with E-state index in [4.69, 9.17) is 0 Å². The van der Waals surface area contributed by atoms with Crippen molar-refractivity contribution < 1.29 is 4.92 Å². The zero-order valence-corrected chi connectivity index (χ0v) is 10.8. The molecular weight excluding hydrogens is 232 g/mol. The van der Waals surface area contributed by atoms with E-state index < -0.39 is 4.92 Å². The largest absolute Gasteiger partial charge is 0.390 e. The first-order chi connectivity index (χ1) is 8.52. The second-order valence-electron chi connectivity index (χ2n) is 5.64. The summed E-state index contributed by atoms with van der Waals surface area (Å²) in [6.07, 6.45) is 4.60. The summed E-state index contributed by atoms with van der Waals surface area (Å²) in [5, 5.41) is 14.9. The summed E-state index contributed by atoms with van der Waals surface area (Å²) in [5.74, 6) is -0.0312. The minimum absolute atomic E-state index is 0.0312. The zero-order chi connectivity index (χ0) is 12.9. The van der Waals surface area contributed by atoms with Crippen molar-refractivity contribution in [2.45, 2.75) is 44.2 Å². The minimum Gasteiger partial charge on any atom is -0.358 e. The number of likely N-dealkylation sites (tertiary alicyclic amines) is 1. The van der Waals surface area contributed by atoms with Crippen LogP contribution in [0.25, 0.3) is 0 Å². The van der Waals surface area contributed by atoms with E-state index in [0.29, 0.717) is 11.6 Å². The van der Waals surface area contributed by atoms with E-state index in [0.717, 1.165) is 25.1 Å². The van der Waals surface area contributed by atoms with E-state index in [9.17, 15) is 10.1 Å². The molecule has 0 radical (unpaired) electrons. The molecule has 0 aromatic carbocycles. The van der Waals surface area contributed by atoms with Crippen molar-refractivity contribution in [1.82, 2.24) is 14.7 Å². The first-order valence-corrected chi connectivity index (χ1v) is 6.44. The van der Waals surface area contributed by atoms with Gasteiger partial charge in [-0.3, -0.25) is 0 Å². The van der Waals surface area contributed by atoms with Crippen LogP contribution < -0.4 is 0 Å². The Morgan fingerprint density at radius 2 is 2.28 bits per heavy atom. The molecule has 98 valence electrons. The summed E-state index contributed by atoms with van der Waals surface area (Å²) in [6, 6.07) is 1.88. The van der Waals surface area contributed by atoms with Crippen LogP contribution in [0.2, 0.25) is 0 Å². The van der Waals surface area contributed by atoms with Crippen molar-refractivity contribution in [3.8, 4) is 0 Å². The van der Waals surface area contributed by atoms with Gasteiger partial charge in [0, 0.05) is 12.1 Å². The van der Waals surface area contributed by atoms with Gasteiger partial charge in [0.1, 0.15) is 0 Å². The van der Waals surface area contributed by atoms with Crippen molar-refractivity contribution >= 4 is 5.82 Å². The first-order valence-electron chi connectivity index (χ1n) is 6.44. The second kappa shape index (κ2) is 3.78. The molecular formula is C12H18N4O2. The Balaban J connectivity index is 1.85. The number of hydrogen-bond donors (Lipinski definition) is 0. The highest BCUT2D eigenvalue weighted by molar-refractivity contribution is 5.22. The van der Waals surface area contributed by atoms with Gasteiger partial charge in [0.15, 0.2) is 0 Å². The molecule has 1 aromatic rings. The number of aromatic nitrogens is 2. The summed E-state index contributed by atoms with van der Waals surface area (Å²) in [6.45, 7) is 2.95. The lowest BCUT2D eigenvalue weighted by molar-refractivity contribution is -0.389. The van der Waals surface area contributed by atoms with Crippen molar-refractivity contribution in [3.63, 3.8) is 0 Å². The maximum Gasteiger partial charge on any atom is 0.390 e. The SMILES string of the molecule is Cc1cc([N+](=O)[O-])nn1C1CCN(C)C2(CC2)C1. The number of aryl methyl sites for hydroxylation is 1. The Hall–Kier alpha value is -1.43. The molecule has 3 rings (SSSR count). The second-order valence-corrected chi connectivity index (χ2v) is 5.64. The Kier molecular flexibility index (Phi) is 2.45. The lowest BCUT2D eigenvalue weighted by Gasteiger charge is -2.37. The molecule has 2 aliphatic rings. The van der Waals surface area contributed by atoms with Crippen molar-refractivity contribution in [1.29, 1.82) is 0 Å². The molecule has 2 fully saturated rings. The molecule has 1 aliphatic heterocycles. The maximum atomic E-state index is 10.8. The predicted octanol–water partition coefficient (Wildman–Crippen LogP) is 1.90. The Morgan fingerprint density at radius 3 is 2.83 bits per heavy atom. The highest BCUT2D eigenvalue weighted by Gasteiger charge is 2.50. The normalized spacial score (nSPS) is 26.4. The number of hydrogen-bond acceptors (Lipinski definition) is 4. The van der Waals surface area contributed by atoms with Crippen LogP contribution in [0, 0.1) is 17.0 Å². The van der Waals surface area contributed by atoms with Crippen LogP contribution in [-0.4, -0.2) is 38.7 Å². The number of piperidine rings is 1. The average Bonchev–Trinajstić information content (AvgIpc) is 2.98. The summed E-state index contributed by atoms with van der Waals surface area (Å²) in [5.41, 5.74) is 1.25. The lowest BCUT2D eigenvalue weighted by Crippen LogP contribution is -2.42. The van der Waals surface area contributed by atoms with Crippen molar-refractivity contribution in [2.24, 2.45) is 0 Å². The molecule has 1 atom stereocenters. The Bertz CT molecular complexity index is 492. The molecule has 0 bridgehead atoms. The smallest absolute Gasteiger partial charge is 0.358 e. The number of nitrogens with zero attached hydrogens (tertiary/aromatic N) is 4. The minimum atomic E-state index is -0.411. The van der Waals surface area contributed by atoms with Gasteiger partial charge in [-0.2, -0.15) is 4.68 Å². The van der Waals surface area contributed by atoms with E-state index >= 15 is 0 Å². The molecule has 2 heterocycles. The molecule has 1 aromatic heterocycles. The summed E-state index contributed by atoms with van der Waals surface area (Å²) < 4.78 is 1.87. The molecule has 1 spiro atoms. The highest BCUT2D eigenvalue weighted by Crippen LogP contribution is 2.50. The molecule has 6 nitrogen and oxygen atoms in total. The van der Waals surface area contributed by atoms with Crippen LogP contribution in [0.15, 0.2) is 6.07 Å². The van der Waals surface area contributed by atoms with Gasteiger partial charge in [0.2, 0.25) is 0 Å². The molecule has 0 amide bonds. The zero-order valence-electron chi connectivity index (χ0n) is 10.8. The standard InChI is InChI=1S/C12H18N4O2/c1-9-7-11(16(17)18)13-15(9)10-3-6-14(2)12(8-10)4-5-12/h7,10H,3-6,8H2,1-2H3. The fourth-order valence-corrected chi connectivity index (χ4v) is 3.15. The van der Waals surface area contributed by atoms with Crippen LogP contribution in [-0.2, 0) is 0 Å². The lowest BCUT2D eigenvalue weighted by atomic mass is 9.95. The summed E-state index contributed by atoms with van der Waals surface area (Å²) >= 11 is 0. The van der Waals surface area contributed by atoms with Crippen LogP contribution in [0.4, 0.5) is 5.82 Å². The highest BCUT2D eigenvalue weighted by atomic mass is 16.6. The van der Waals surface area contributed by atoms with E-state index in [1.54, 1.807) is 6.07 Å². The molecule has 18 heavy (non-hydrogen) atoms. The van der Waals surface area contributed by atoms with Crippen LogP contribution in [0.3, 0.4) is 0 Å². The van der Waals surface area contributed by atoms with Crippen LogP contribution >= 0.6 is 0 Å². The van der Waals surface area contributed by atoms with E-state index in [1.165, 1.54) is 12.8 Å². The van der Waals surface area contributed by atoms with Crippen molar-refractivity contribution in [3.05, 3.63) is 21.9 Å². The maximum absolute atomic E-state index is 10.8. The Morgan fingerprint density at radius 1 is 1.56 bits per heavy atom. The van der Waals surface area contributed by atoms with Gasteiger partial charge in [-0.1, -0.05) is 0 Å². The van der Waals surface area contributed by atoms with E-state index in [1.807, 2.05) is 11.6 Å². The molecule has 6 heteroatoms. The van der Waals surface area contributed by atoms with E-state index in [-0.39, 0.29) is 5.82 Å². The topological polar surface area (TPSA) is 64.2 Å². The fourth-order valence-electron chi connectivity index (χ4n) is 3.15. The number of nitro groups is 1. The van der Waals surface area contributed by atoms with Gasteiger partial charge in [0.05, 0.1) is 22.9 Å². The summed E-state index contributed by atoms with van der Waals surface area (Å²) in [4.78, 5) is 12.8. The first kappa shape index (κ1) is 11.6. The average molecular weight is 250 g/mol. The molecule has 0 N–H and O–H groups in total. The van der Waals surface area contributed by atoms with Gasteiger partial charge in [-0.25, -0.2) is 0 Å². The third kappa shape index (κ3) is 1.71. The van der Waals surface area contributed by atoms with Gasteiger partial charge >= 0.3 is 5.82 Å². The van der Waals surface area contributed by atoms with Crippen LogP contribution in [0.1, 0.15) is 37.4 Å². The van der Waals surface area contributed by atoms with Gasteiger partial charge < -0.3 is 15.0 Å². The van der Waals surface area contributed by atoms with Gasteiger partial charge in [0.25, 0.3) is 0 Å². The van der Waals surface area contributed by atoms with Gasteiger partial charge in [-0.15, -0.1) is 0 Å². The van der Waals surface area contributed by atoms with Crippen LogP contribution in [0.5, 0.6) is 0 Å². The molecule has 1 saturated heterocycles. The fraction of sp³-hybridized carbons (Fsp3) is 0.750.